The maximum atomic E-state index is 5.72. The van der Waals surface area contributed by atoms with E-state index in [2.05, 4.69) is 63.3 Å². The van der Waals surface area contributed by atoms with Gasteiger partial charge in [-0.3, -0.25) is 4.90 Å². The van der Waals surface area contributed by atoms with Crippen molar-refractivity contribution in [2.24, 2.45) is 0 Å². The average Bonchev–Trinajstić information content (AvgIpc) is 3.06. The minimum atomic E-state index is 0.568. The molecule has 0 amide bonds. The summed E-state index contributed by atoms with van der Waals surface area (Å²) in [4.78, 5) is 2.49. The lowest BCUT2D eigenvalue weighted by Gasteiger charge is -2.14. The molecule has 0 N–H and O–H groups in total. The largest absolute Gasteiger partial charge is 0.491 e. The number of halogens is 1. The van der Waals surface area contributed by atoms with Crippen molar-refractivity contribution >= 4 is 22.0 Å². The maximum absolute atomic E-state index is 5.72. The van der Waals surface area contributed by atoms with E-state index in [4.69, 9.17) is 9.47 Å². The van der Waals surface area contributed by atoms with Gasteiger partial charge in [0.1, 0.15) is 12.4 Å². The van der Waals surface area contributed by atoms with E-state index in [1.807, 2.05) is 12.1 Å². The molecule has 3 rings (SSSR count). The quantitative estimate of drug-likeness (QED) is 0.624. The highest BCUT2D eigenvalue weighted by Crippen LogP contribution is 2.27. The summed E-state index contributed by atoms with van der Waals surface area (Å²) in [5.74, 6) is 0.881. The van der Waals surface area contributed by atoms with Crippen LogP contribution in [0.15, 0.2) is 58.6 Å². The Bertz CT molecular complexity index is 715. The van der Waals surface area contributed by atoms with E-state index in [0.717, 1.165) is 36.3 Å². The Hall–Kier alpha value is -1.62. The molecular formula is C21H24BrNO2. The highest BCUT2D eigenvalue weighted by atomic mass is 79.9. The minimum absolute atomic E-state index is 0.568. The lowest BCUT2D eigenvalue weighted by molar-refractivity contribution is 0.146. The lowest BCUT2D eigenvalue weighted by atomic mass is 10.1. The number of nitrogens with zero attached hydrogens (tertiary/aromatic N) is 1. The summed E-state index contributed by atoms with van der Waals surface area (Å²) in [6.07, 6.45) is 3.41. The van der Waals surface area contributed by atoms with Gasteiger partial charge >= 0.3 is 0 Å². The maximum Gasteiger partial charge on any atom is 0.120 e. The number of likely N-dealkylation sites (tertiary alicyclic amines) is 1. The molecule has 3 nitrogen and oxygen atoms in total. The van der Waals surface area contributed by atoms with Crippen molar-refractivity contribution in [3.8, 4) is 5.75 Å². The van der Waals surface area contributed by atoms with Crippen LogP contribution in [-0.4, -0.2) is 38.3 Å². The van der Waals surface area contributed by atoms with E-state index >= 15 is 0 Å². The van der Waals surface area contributed by atoms with Crippen molar-refractivity contribution in [1.82, 2.24) is 4.90 Å². The van der Waals surface area contributed by atoms with Crippen LogP contribution < -0.4 is 4.74 Å². The zero-order valence-electron chi connectivity index (χ0n) is 14.6. The highest BCUT2D eigenvalue weighted by molar-refractivity contribution is 9.10. The van der Waals surface area contributed by atoms with E-state index in [0.29, 0.717) is 13.2 Å². The van der Waals surface area contributed by atoms with Gasteiger partial charge < -0.3 is 9.47 Å². The third-order valence-corrected chi connectivity index (χ3v) is 5.03. The molecule has 1 fully saturated rings. The minimum Gasteiger partial charge on any atom is -0.491 e. The summed E-state index contributed by atoms with van der Waals surface area (Å²) in [5.41, 5.74) is 4.01. The van der Waals surface area contributed by atoms with Crippen molar-refractivity contribution in [2.75, 3.05) is 33.4 Å². The SMILES string of the molecule is COCCOc1ccc(Br)c(C=C2CCN(Cc3ccccc3)C2)c1. The highest BCUT2D eigenvalue weighted by Gasteiger charge is 2.17. The molecule has 0 spiro atoms. The smallest absolute Gasteiger partial charge is 0.120 e. The summed E-state index contributed by atoms with van der Waals surface area (Å²) in [6.45, 7) is 4.32. The third kappa shape index (κ3) is 5.43. The second-order valence-corrected chi connectivity index (χ2v) is 7.13. The summed E-state index contributed by atoms with van der Waals surface area (Å²) in [5, 5.41) is 0. The summed E-state index contributed by atoms with van der Waals surface area (Å²) >= 11 is 3.65. The van der Waals surface area contributed by atoms with Gasteiger partial charge in [-0.15, -0.1) is 0 Å². The fourth-order valence-corrected chi connectivity index (χ4v) is 3.39. The number of ether oxygens (including phenoxy) is 2. The molecule has 132 valence electrons. The first-order valence-electron chi connectivity index (χ1n) is 8.61. The Morgan fingerprint density at radius 3 is 2.76 bits per heavy atom. The van der Waals surface area contributed by atoms with Gasteiger partial charge in [0, 0.05) is 31.2 Å². The van der Waals surface area contributed by atoms with E-state index in [1.54, 1.807) is 7.11 Å². The predicted octanol–water partition coefficient (Wildman–Crippen LogP) is 4.76. The molecule has 1 aliphatic heterocycles. The van der Waals surface area contributed by atoms with Crippen LogP contribution in [0.5, 0.6) is 5.75 Å². The summed E-state index contributed by atoms with van der Waals surface area (Å²) < 4.78 is 11.9. The van der Waals surface area contributed by atoms with Crippen LogP contribution in [0.3, 0.4) is 0 Å². The van der Waals surface area contributed by atoms with Crippen molar-refractivity contribution in [3.63, 3.8) is 0 Å². The molecule has 0 atom stereocenters. The second kappa shape index (κ2) is 9.18. The third-order valence-electron chi connectivity index (χ3n) is 4.31. The Morgan fingerprint density at radius 1 is 1.12 bits per heavy atom. The monoisotopic (exact) mass is 401 g/mol. The fourth-order valence-electron chi connectivity index (χ4n) is 3.03. The van der Waals surface area contributed by atoms with Crippen LogP contribution in [0, 0.1) is 0 Å². The number of hydrogen-bond acceptors (Lipinski definition) is 3. The van der Waals surface area contributed by atoms with Crippen molar-refractivity contribution in [1.29, 1.82) is 0 Å². The molecule has 1 aliphatic rings. The molecule has 1 heterocycles. The number of hydrogen-bond donors (Lipinski definition) is 0. The fraction of sp³-hybridized carbons (Fsp3) is 0.333. The zero-order chi connectivity index (χ0) is 17.5. The van der Waals surface area contributed by atoms with E-state index in [9.17, 15) is 0 Å². The van der Waals surface area contributed by atoms with E-state index in [1.165, 1.54) is 16.7 Å². The average molecular weight is 402 g/mol. The van der Waals surface area contributed by atoms with Gasteiger partial charge in [-0.2, -0.15) is 0 Å². The van der Waals surface area contributed by atoms with Gasteiger partial charge in [0.15, 0.2) is 0 Å². The number of methoxy groups -OCH3 is 1. The zero-order valence-corrected chi connectivity index (χ0v) is 16.2. The van der Waals surface area contributed by atoms with Crippen molar-refractivity contribution in [2.45, 2.75) is 13.0 Å². The molecular weight excluding hydrogens is 378 g/mol. The standard InChI is InChI=1S/C21H24BrNO2/c1-24-11-12-25-20-7-8-21(22)19(14-20)13-18-9-10-23(16-18)15-17-5-3-2-4-6-17/h2-8,13-14H,9-12,15-16H2,1H3. The van der Waals surface area contributed by atoms with Gasteiger partial charge in [0.05, 0.1) is 6.61 Å². The van der Waals surface area contributed by atoms with Gasteiger partial charge in [-0.25, -0.2) is 0 Å². The molecule has 0 saturated carbocycles. The molecule has 0 radical (unpaired) electrons. The van der Waals surface area contributed by atoms with Gasteiger partial charge in [0.2, 0.25) is 0 Å². The van der Waals surface area contributed by atoms with Gasteiger partial charge in [0.25, 0.3) is 0 Å². The van der Waals surface area contributed by atoms with Crippen LogP contribution >= 0.6 is 15.9 Å². The normalized spacial score (nSPS) is 16.5. The molecule has 2 aromatic rings. The van der Waals surface area contributed by atoms with Crippen molar-refractivity contribution in [3.05, 3.63) is 69.7 Å². The first-order chi connectivity index (χ1) is 12.2. The number of benzene rings is 2. The van der Waals surface area contributed by atoms with Crippen LogP contribution in [-0.2, 0) is 11.3 Å². The van der Waals surface area contributed by atoms with Crippen molar-refractivity contribution < 1.29 is 9.47 Å². The van der Waals surface area contributed by atoms with Gasteiger partial charge in [-0.05, 0) is 35.7 Å². The topological polar surface area (TPSA) is 21.7 Å². The second-order valence-electron chi connectivity index (χ2n) is 6.27. The molecule has 2 aromatic carbocycles. The van der Waals surface area contributed by atoms with Crippen LogP contribution in [0.25, 0.3) is 6.08 Å². The van der Waals surface area contributed by atoms with E-state index < -0.39 is 0 Å². The first-order valence-corrected chi connectivity index (χ1v) is 9.41. The Kier molecular flexibility index (Phi) is 6.68. The molecule has 0 unspecified atom stereocenters. The summed E-state index contributed by atoms with van der Waals surface area (Å²) in [7, 11) is 1.68. The molecule has 0 bridgehead atoms. The summed E-state index contributed by atoms with van der Waals surface area (Å²) in [6, 6.07) is 16.8. The van der Waals surface area contributed by atoms with Gasteiger partial charge in [-0.1, -0.05) is 57.9 Å². The predicted molar refractivity (Wildman–Crippen MR) is 106 cm³/mol. The first kappa shape index (κ1) is 18.2. The Morgan fingerprint density at radius 2 is 1.96 bits per heavy atom. The number of rotatable bonds is 7. The lowest BCUT2D eigenvalue weighted by Crippen LogP contribution is -2.18. The molecule has 25 heavy (non-hydrogen) atoms. The Labute approximate surface area is 158 Å². The Balaban J connectivity index is 1.63. The molecule has 1 saturated heterocycles. The van der Waals surface area contributed by atoms with E-state index in [-0.39, 0.29) is 0 Å². The van der Waals surface area contributed by atoms with Crippen LogP contribution in [0.4, 0.5) is 0 Å². The molecule has 0 aromatic heterocycles. The molecule has 4 heteroatoms. The molecule has 0 aliphatic carbocycles. The van der Waals surface area contributed by atoms with Crippen LogP contribution in [0.2, 0.25) is 0 Å². The van der Waals surface area contributed by atoms with Crippen LogP contribution in [0.1, 0.15) is 17.5 Å².